The summed E-state index contributed by atoms with van der Waals surface area (Å²) < 4.78 is 7.07. The van der Waals surface area contributed by atoms with Gasteiger partial charge in [-0.3, -0.25) is 9.59 Å². The first kappa shape index (κ1) is 23.0. The van der Waals surface area contributed by atoms with Gasteiger partial charge in [0, 0.05) is 30.5 Å². The molecule has 2 amide bonds. The van der Waals surface area contributed by atoms with Crippen LogP contribution in [0.1, 0.15) is 43.0 Å². The number of nitrogens with one attached hydrogen (secondary N) is 1. The third kappa shape index (κ3) is 5.51. The first-order chi connectivity index (χ1) is 15.5. The van der Waals surface area contributed by atoms with Gasteiger partial charge in [0.1, 0.15) is 5.75 Å². The quantitative estimate of drug-likeness (QED) is 0.345. The molecule has 2 N–H and O–H groups in total. The zero-order valence-corrected chi connectivity index (χ0v) is 18.4. The van der Waals surface area contributed by atoms with Gasteiger partial charge in [0.05, 0.1) is 12.6 Å². The molecule has 0 bridgehead atoms. The number of hydrogen-bond donors (Lipinski definition) is 2. The van der Waals surface area contributed by atoms with E-state index in [9.17, 15) is 14.7 Å². The molecule has 0 saturated carbocycles. The van der Waals surface area contributed by atoms with Crippen LogP contribution in [0.5, 0.6) is 11.6 Å². The number of benzene rings is 2. The molecule has 3 rings (SSSR count). The van der Waals surface area contributed by atoms with Crippen molar-refractivity contribution in [3.05, 3.63) is 54.1 Å². The Morgan fingerprint density at radius 2 is 1.91 bits per heavy atom. The van der Waals surface area contributed by atoms with Gasteiger partial charge in [0.2, 0.25) is 5.88 Å². The summed E-state index contributed by atoms with van der Waals surface area (Å²) in [5.41, 5.74) is 1.56. The standard InChI is InChI=1S/C24H28N4O4/c1-3-4-8-15-28-20-12-11-18(32-2)16-19(20)22(24(28)31)27-26-21(29)13-14-25-23(30)17-9-6-5-7-10-17/h5-7,9-12,16,31H,3-4,8,13-15H2,1-2H3,(H,25,30). The van der Waals surface area contributed by atoms with Gasteiger partial charge in [0.15, 0.2) is 5.69 Å². The first-order valence-electron chi connectivity index (χ1n) is 10.7. The minimum Gasteiger partial charge on any atom is -0.497 e. The Hall–Kier alpha value is -3.68. The molecule has 0 atom stereocenters. The van der Waals surface area contributed by atoms with Crippen LogP contribution in [0.3, 0.4) is 0 Å². The Morgan fingerprint density at radius 1 is 1.12 bits per heavy atom. The molecule has 1 aromatic heterocycles. The highest BCUT2D eigenvalue weighted by Gasteiger charge is 2.18. The molecule has 8 heteroatoms. The summed E-state index contributed by atoms with van der Waals surface area (Å²) in [6, 6.07) is 14.2. The monoisotopic (exact) mass is 436 g/mol. The normalized spacial score (nSPS) is 11.2. The lowest BCUT2D eigenvalue weighted by Crippen LogP contribution is -2.25. The average molecular weight is 437 g/mol. The van der Waals surface area contributed by atoms with Crippen molar-refractivity contribution in [2.45, 2.75) is 39.2 Å². The van der Waals surface area contributed by atoms with E-state index in [-0.39, 0.29) is 30.4 Å². The zero-order valence-electron chi connectivity index (χ0n) is 18.4. The van der Waals surface area contributed by atoms with Gasteiger partial charge in [-0.15, -0.1) is 10.2 Å². The largest absolute Gasteiger partial charge is 0.497 e. The highest BCUT2D eigenvalue weighted by atomic mass is 16.5. The van der Waals surface area contributed by atoms with Crippen LogP contribution in [-0.4, -0.2) is 35.1 Å². The Kier molecular flexibility index (Phi) is 7.96. The number of amides is 2. The van der Waals surface area contributed by atoms with E-state index < -0.39 is 5.91 Å². The minimum atomic E-state index is -0.493. The van der Waals surface area contributed by atoms with Gasteiger partial charge in [-0.05, 0) is 36.8 Å². The molecule has 0 radical (unpaired) electrons. The van der Waals surface area contributed by atoms with E-state index in [1.807, 2.05) is 18.2 Å². The van der Waals surface area contributed by atoms with Gasteiger partial charge < -0.3 is 19.7 Å². The molecule has 0 aliphatic carbocycles. The number of aryl methyl sites for hydroxylation is 1. The molecule has 168 valence electrons. The number of aromatic nitrogens is 1. The van der Waals surface area contributed by atoms with Gasteiger partial charge in [-0.2, -0.15) is 0 Å². The third-order valence-electron chi connectivity index (χ3n) is 5.12. The van der Waals surface area contributed by atoms with Crippen LogP contribution >= 0.6 is 0 Å². The van der Waals surface area contributed by atoms with Crippen LogP contribution in [0, 0.1) is 0 Å². The maximum Gasteiger partial charge on any atom is 0.266 e. The molecular formula is C24H28N4O4. The molecule has 1 heterocycles. The van der Waals surface area contributed by atoms with Gasteiger partial charge in [0.25, 0.3) is 11.8 Å². The lowest BCUT2D eigenvalue weighted by Gasteiger charge is -2.06. The molecule has 0 fully saturated rings. The number of hydrogen-bond acceptors (Lipinski definition) is 5. The summed E-state index contributed by atoms with van der Waals surface area (Å²) in [6.45, 7) is 2.90. The number of methoxy groups -OCH3 is 1. The van der Waals surface area contributed by atoms with Crippen molar-refractivity contribution in [2.24, 2.45) is 10.2 Å². The van der Waals surface area contributed by atoms with Crippen LogP contribution in [0.15, 0.2) is 58.8 Å². The predicted molar refractivity (Wildman–Crippen MR) is 123 cm³/mol. The summed E-state index contributed by atoms with van der Waals surface area (Å²) >= 11 is 0. The Bertz CT molecular complexity index is 1110. The van der Waals surface area contributed by atoms with E-state index in [1.54, 1.807) is 42.0 Å². The number of unbranched alkanes of at least 4 members (excludes halogenated alkanes) is 2. The molecule has 0 aliphatic heterocycles. The topological polar surface area (TPSA) is 105 Å². The molecule has 0 unspecified atom stereocenters. The maximum absolute atomic E-state index is 12.2. The van der Waals surface area contributed by atoms with E-state index in [0.717, 1.165) is 24.8 Å². The van der Waals surface area contributed by atoms with Crippen molar-refractivity contribution < 1.29 is 19.4 Å². The number of ether oxygens (including phenoxy) is 1. The van der Waals surface area contributed by atoms with Crippen molar-refractivity contribution in [1.29, 1.82) is 0 Å². The zero-order chi connectivity index (χ0) is 22.9. The van der Waals surface area contributed by atoms with E-state index >= 15 is 0 Å². The van der Waals surface area contributed by atoms with E-state index in [4.69, 9.17) is 4.74 Å². The summed E-state index contributed by atoms with van der Waals surface area (Å²) in [5.74, 6) is -0.157. The van der Waals surface area contributed by atoms with Crippen LogP contribution in [0.4, 0.5) is 5.69 Å². The molecule has 2 aromatic carbocycles. The van der Waals surface area contributed by atoms with Crippen molar-refractivity contribution in [1.82, 2.24) is 9.88 Å². The number of carbonyl (C=O) groups is 2. The van der Waals surface area contributed by atoms with Crippen molar-refractivity contribution in [3.8, 4) is 11.6 Å². The molecule has 8 nitrogen and oxygen atoms in total. The molecule has 0 aliphatic rings. The highest BCUT2D eigenvalue weighted by Crippen LogP contribution is 2.40. The lowest BCUT2D eigenvalue weighted by atomic mass is 10.2. The second-order valence-corrected chi connectivity index (χ2v) is 7.38. The lowest BCUT2D eigenvalue weighted by molar-refractivity contribution is -0.118. The fraction of sp³-hybridized carbons (Fsp3) is 0.333. The second-order valence-electron chi connectivity index (χ2n) is 7.38. The Balaban J connectivity index is 1.71. The van der Waals surface area contributed by atoms with Crippen molar-refractivity contribution in [3.63, 3.8) is 0 Å². The molecule has 32 heavy (non-hydrogen) atoms. The van der Waals surface area contributed by atoms with Crippen LogP contribution in [-0.2, 0) is 11.3 Å². The fourth-order valence-corrected chi connectivity index (χ4v) is 3.40. The van der Waals surface area contributed by atoms with Gasteiger partial charge >= 0.3 is 0 Å². The molecular weight excluding hydrogens is 408 g/mol. The number of rotatable bonds is 10. The van der Waals surface area contributed by atoms with Crippen LogP contribution in [0.2, 0.25) is 0 Å². The highest BCUT2D eigenvalue weighted by molar-refractivity contribution is 5.96. The maximum atomic E-state index is 12.2. The van der Waals surface area contributed by atoms with Gasteiger partial charge in [-0.1, -0.05) is 38.0 Å². The first-order valence-corrected chi connectivity index (χ1v) is 10.7. The Morgan fingerprint density at radius 3 is 2.62 bits per heavy atom. The Labute approximate surface area is 186 Å². The van der Waals surface area contributed by atoms with E-state index in [1.165, 1.54) is 0 Å². The van der Waals surface area contributed by atoms with Crippen molar-refractivity contribution >= 4 is 28.4 Å². The second kappa shape index (κ2) is 11.1. The summed E-state index contributed by atoms with van der Waals surface area (Å²) in [4.78, 5) is 24.2. The smallest absolute Gasteiger partial charge is 0.266 e. The average Bonchev–Trinajstić information content (AvgIpc) is 3.08. The minimum absolute atomic E-state index is 0.00129. The van der Waals surface area contributed by atoms with E-state index in [2.05, 4.69) is 22.5 Å². The number of aromatic hydroxyl groups is 1. The van der Waals surface area contributed by atoms with E-state index in [0.29, 0.717) is 23.2 Å². The summed E-state index contributed by atoms with van der Waals surface area (Å²) in [5, 5.41) is 21.9. The summed E-state index contributed by atoms with van der Waals surface area (Å²) in [6.07, 6.45) is 3.02. The molecule has 3 aromatic rings. The number of azo groups is 1. The predicted octanol–water partition coefficient (Wildman–Crippen LogP) is 4.98. The van der Waals surface area contributed by atoms with Crippen LogP contribution < -0.4 is 10.1 Å². The van der Waals surface area contributed by atoms with Crippen LogP contribution in [0.25, 0.3) is 10.9 Å². The third-order valence-corrected chi connectivity index (χ3v) is 5.12. The van der Waals surface area contributed by atoms with Gasteiger partial charge in [-0.25, -0.2) is 0 Å². The van der Waals surface area contributed by atoms with Crippen molar-refractivity contribution in [2.75, 3.05) is 13.7 Å². The molecule has 0 spiro atoms. The number of nitrogens with zero attached hydrogens (tertiary/aromatic N) is 3. The number of carbonyl (C=O) groups excluding carboxylic acids is 2. The number of fused-ring (bicyclic) bond motifs is 1. The SMILES string of the molecule is CCCCCn1c(O)c(N=NC(=O)CCNC(=O)c2ccccc2)c2cc(OC)ccc21. The molecule has 0 saturated heterocycles. The summed E-state index contributed by atoms with van der Waals surface area (Å²) in [7, 11) is 1.56. The fourth-order valence-electron chi connectivity index (χ4n) is 3.40.